The minimum absolute atomic E-state index is 0.0145. The summed E-state index contributed by atoms with van der Waals surface area (Å²) < 4.78 is 6.18. The van der Waals surface area contributed by atoms with Gasteiger partial charge in [0.2, 0.25) is 0 Å². The normalized spacial score (nSPS) is 26.3. The number of amides is 1. The molecule has 1 amide bonds. The molecule has 5 N–H and O–H groups in total. The van der Waals surface area contributed by atoms with Crippen LogP contribution in [0.2, 0.25) is 0 Å². The average molecular weight is 493 g/mol. The fraction of sp³-hybridized carbons (Fsp3) is 0.500. The van der Waals surface area contributed by atoms with Crippen molar-refractivity contribution in [3.8, 4) is 0 Å². The number of fused-ring (bicyclic) bond motifs is 2. The van der Waals surface area contributed by atoms with Crippen molar-refractivity contribution < 1.29 is 9.53 Å². The van der Waals surface area contributed by atoms with Gasteiger partial charge >= 0.3 is 0 Å². The number of carbonyl (C=O) groups is 1. The number of hydrogen-bond acceptors (Lipinski definition) is 8. The molecule has 5 heterocycles. The second kappa shape index (κ2) is 8.72. The van der Waals surface area contributed by atoms with Crippen molar-refractivity contribution in [2.75, 3.05) is 30.3 Å². The van der Waals surface area contributed by atoms with Crippen molar-refractivity contribution in [2.45, 2.75) is 63.1 Å². The number of carbonyl (C=O) groups excluding carboxylic acids is 1. The molecular formula is C26H32N6O2S. The van der Waals surface area contributed by atoms with Gasteiger partial charge in [0.25, 0.3) is 5.91 Å². The quantitative estimate of drug-likeness (QED) is 0.514. The maximum Gasteiger partial charge on any atom is 0.263 e. The Morgan fingerprint density at radius 3 is 2.97 bits per heavy atom. The van der Waals surface area contributed by atoms with Crippen LogP contribution >= 0.6 is 11.3 Å². The Balaban J connectivity index is 1.14. The van der Waals surface area contributed by atoms with Crippen LogP contribution in [0.5, 0.6) is 0 Å². The second-order valence-corrected chi connectivity index (χ2v) is 11.2. The molecule has 0 radical (unpaired) electrons. The molecular weight excluding hydrogens is 460 g/mol. The molecule has 3 atom stereocenters. The van der Waals surface area contributed by atoms with Gasteiger partial charge in [-0.15, -0.1) is 11.3 Å². The first-order valence-corrected chi connectivity index (χ1v) is 13.3. The first kappa shape index (κ1) is 22.7. The highest BCUT2D eigenvalue weighted by Gasteiger charge is 2.47. The molecule has 1 spiro atoms. The third-order valence-corrected chi connectivity index (χ3v) is 8.90. The lowest BCUT2D eigenvalue weighted by molar-refractivity contribution is -0.0717. The van der Waals surface area contributed by atoms with E-state index in [-0.39, 0.29) is 23.6 Å². The fourth-order valence-corrected chi connectivity index (χ4v) is 6.82. The Morgan fingerprint density at radius 2 is 2.14 bits per heavy atom. The summed E-state index contributed by atoms with van der Waals surface area (Å²) in [5.74, 6) is 0.860. The summed E-state index contributed by atoms with van der Waals surface area (Å²) in [7, 11) is 0. The Hall–Kier alpha value is -2.75. The van der Waals surface area contributed by atoms with E-state index in [1.54, 1.807) is 0 Å². The van der Waals surface area contributed by atoms with Crippen LogP contribution in [0, 0.1) is 6.92 Å². The Labute approximate surface area is 209 Å². The van der Waals surface area contributed by atoms with E-state index in [9.17, 15) is 4.79 Å². The maximum atomic E-state index is 13.1. The molecule has 9 heteroatoms. The minimum atomic E-state index is -0.228. The third-order valence-electron chi connectivity index (χ3n) is 7.78. The molecule has 2 fully saturated rings. The van der Waals surface area contributed by atoms with Gasteiger partial charge in [0.15, 0.2) is 0 Å². The van der Waals surface area contributed by atoms with Gasteiger partial charge in [-0.2, -0.15) is 0 Å². The zero-order chi connectivity index (χ0) is 24.2. The number of ether oxygens (including phenoxy) is 1. The lowest BCUT2D eigenvalue weighted by Gasteiger charge is -2.36. The van der Waals surface area contributed by atoms with E-state index in [0.29, 0.717) is 10.6 Å². The third kappa shape index (κ3) is 4.05. The van der Waals surface area contributed by atoms with E-state index in [1.807, 2.05) is 19.1 Å². The molecule has 0 bridgehead atoms. The number of nitrogens with zero attached hydrogens (tertiary/aromatic N) is 3. The molecule has 3 aromatic rings. The molecule has 0 unspecified atom stereocenters. The number of aromatic nitrogens is 2. The molecule has 6 rings (SSSR count). The summed E-state index contributed by atoms with van der Waals surface area (Å²) >= 11 is 1.36. The Kier molecular flexibility index (Phi) is 5.66. The molecule has 3 aliphatic rings. The monoisotopic (exact) mass is 492 g/mol. The second-order valence-electron chi connectivity index (χ2n) is 10.2. The molecule has 0 aromatic carbocycles. The maximum absolute atomic E-state index is 13.1. The average Bonchev–Trinajstić information content (AvgIpc) is 3.35. The first-order chi connectivity index (χ1) is 16.9. The number of thiophene rings is 1. The summed E-state index contributed by atoms with van der Waals surface area (Å²) in [6, 6.07) is 8.19. The molecule has 8 nitrogen and oxygen atoms in total. The van der Waals surface area contributed by atoms with E-state index in [4.69, 9.17) is 21.2 Å². The van der Waals surface area contributed by atoms with Crippen molar-refractivity contribution in [1.29, 1.82) is 0 Å². The molecule has 3 aromatic heterocycles. The van der Waals surface area contributed by atoms with E-state index in [2.05, 4.69) is 27.3 Å². The number of aryl methyl sites for hydroxylation is 2. The van der Waals surface area contributed by atoms with Crippen LogP contribution in [0.4, 0.5) is 11.5 Å². The van der Waals surface area contributed by atoms with Gasteiger partial charge < -0.3 is 26.4 Å². The van der Waals surface area contributed by atoms with Crippen LogP contribution in [0.3, 0.4) is 0 Å². The van der Waals surface area contributed by atoms with Gasteiger partial charge in [0.1, 0.15) is 21.1 Å². The van der Waals surface area contributed by atoms with Crippen LogP contribution in [-0.2, 0) is 17.6 Å². The number of nitrogen functional groups attached to an aromatic ring is 1. The van der Waals surface area contributed by atoms with Crippen LogP contribution in [0.25, 0.3) is 10.2 Å². The number of rotatable bonds is 3. The standard InChI is InChI=1S/C26H32N6O2S/c1-15-4-7-18-22(28)23(35-25(18)29-15)24(33)30-17-6-8-19-16(12-17)5-9-21(31-19)32-13-20(27)26(14-32)10-2-3-11-34-26/h4-5,7,9,17,20H,2-3,6,8,10-14,27-28H2,1H3,(H,30,33)/t17-,20+,26-/m0/s1. The topological polar surface area (TPSA) is 119 Å². The van der Waals surface area contributed by atoms with Crippen molar-refractivity contribution in [1.82, 2.24) is 15.3 Å². The zero-order valence-electron chi connectivity index (χ0n) is 20.0. The SMILES string of the molecule is Cc1ccc2c(N)c(C(=O)N[C@H]3CCc4nc(N5C[C@@H](N)[C@]6(CCCCO6)C5)ccc4C3)sc2n1. The predicted octanol–water partition coefficient (Wildman–Crippen LogP) is 2.96. The van der Waals surface area contributed by atoms with E-state index in [0.717, 1.165) is 79.2 Å². The minimum Gasteiger partial charge on any atom is -0.397 e. The number of nitrogens with one attached hydrogen (secondary N) is 1. The molecule has 2 aliphatic heterocycles. The summed E-state index contributed by atoms with van der Waals surface area (Å²) in [5.41, 5.74) is 16.3. The largest absolute Gasteiger partial charge is 0.397 e. The number of nitrogens with two attached hydrogens (primary N) is 2. The number of anilines is 2. The van der Waals surface area contributed by atoms with Gasteiger partial charge in [-0.1, -0.05) is 6.07 Å². The number of hydrogen-bond donors (Lipinski definition) is 3. The van der Waals surface area contributed by atoms with Crippen LogP contribution in [0.1, 0.15) is 52.3 Å². The van der Waals surface area contributed by atoms with Crippen LogP contribution < -0.4 is 21.7 Å². The molecule has 35 heavy (non-hydrogen) atoms. The zero-order valence-corrected chi connectivity index (χ0v) is 20.9. The van der Waals surface area contributed by atoms with Gasteiger partial charge in [0.05, 0.1) is 18.3 Å². The van der Waals surface area contributed by atoms with Crippen LogP contribution in [-0.4, -0.2) is 53.3 Å². The first-order valence-electron chi connectivity index (χ1n) is 12.5. The highest BCUT2D eigenvalue weighted by molar-refractivity contribution is 7.21. The van der Waals surface area contributed by atoms with E-state index >= 15 is 0 Å². The Morgan fingerprint density at radius 1 is 1.26 bits per heavy atom. The summed E-state index contributed by atoms with van der Waals surface area (Å²) in [4.78, 5) is 26.2. The highest BCUT2D eigenvalue weighted by atomic mass is 32.1. The van der Waals surface area contributed by atoms with Crippen molar-refractivity contribution in [2.24, 2.45) is 5.73 Å². The number of pyridine rings is 2. The summed E-state index contributed by atoms with van der Waals surface area (Å²) in [6.07, 6.45) is 5.77. The Bertz CT molecular complexity index is 1280. The van der Waals surface area contributed by atoms with E-state index < -0.39 is 0 Å². The summed E-state index contributed by atoms with van der Waals surface area (Å²) in [6.45, 7) is 4.32. The highest BCUT2D eigenvalue weighted by Crippen LogP contribution is 2.36. The fourth-order valence-electron chi connectivity index (χ4n) is 5.78. The molecule has 1 aliphatic carbocycles. The molecule has 2 saturated heterocycles. The molecule has 184 valence electrons. The lowest BCUT2D eigenvalue weighted by Crippen LogP contribution is -2.51. The predicted molar refractivity (Wildman–Crippen MR) is 139 cm³/mol. The van der Waals surface area contributed by atoms with Crippen LogP contribution in [0.15, 0.2) is 24.3 Å². The lowest BCUT2D eigenvalue weighted by atomic mass is 9.89. The van der Waals surface area contributed by atoms with E-state index in [1.165, 1.54) is 23.3 Å². The smallest absolute Gasteiger partial charge is 0.263 e. The summed E-state index contributed by atoms with van der Waals surface area (Å²) in [5, 5.41) is 4.05. The van der Waals surface area contributed by atoms with Gasteiger partial charge in [0, 0.05) is 36.0 Å². The van der Waals surface area contributed by atoms with Gasteiger partial charge in [-0.05, 0) is 69.2 Å². The van der Waals surface area contributed by atoms with Gasteiger partial charge in [-0.3, -0.25) is 4.79 Å². The van der Waals surface area contributed by atoms with Crippen molar-refractivity contribution >= 4 is 39.0 Å². The molecule has 0 saturated carbocycles. The van der Waals surface area contributed by atoms with Crippen molar-refractivity contribution in [3.63, 3.8) is 0 Å². The van der Waals surface area contributed by atoms with Crippen molar-refractivity contribution in [3.05, 3.63) is 46.1 Å². The van der Waals surface area contributed by atoms with Gasteiger partial charge in [-0.25, -0.2) is 9.97 Å².